The maximum absolute atomic E-state index is 12.9. The molecular formula is C20H35N5O8. The number of amides is 4. The van der Waals surface area contributed by atoms with E-state index in [1.54, 1.807) is 27.7 Å². The minimum absolute atomic E-state index is 0.0438. The zero-order valence-corrected chi connectivity index (χ0v) is 19.3. The lowest BCUT2D eigenvalue weighted by molar-refractivity contribution is -0.147. The maximum Gasteiger partial charge on any atom is 0.326 e. The van der Waals surface area contributed by atoms with Crippen molar-refractivity contribution in [3.05, 3.63) is 0 Å². The Hall–Kier alpha value is -3.22. The minimum atomic E-state index is -1.68. The molecule has 13 nitrogen and oxygen atoms in total. The molecule has 0 saturated carbocycles. The van der Waals surface area contributed by atoms with Gasteiger partial charge in [0.1, 0.15) is 18.1 Å². The standard InChI is InChI=1S/C20H35N5O8/c1-9(2)5-12(23-17(29)11(21)7-15(22)26)18(30)24-13(6-10(3)4)19(31)25-14(20(32)33)8-16(27)28/h9-14H,5-8,21H2,1-4H3,(H2,22,26)(H,23,29)(H,24,30)(H,25,31)(H,27,28)(H,32,33). The Morgan fingerprint density at radius 3 is 1.42 bits per heavy atom. The number of carbonyl (C=O) groups is 6. The van der Waals surface area contributed by atoms with Crippen LogP contribution in [0, 0.1) is 11.8 Å². The first kappa shape index (κ1) is 29.8. The number of hydrogen-bond acceptors (Lipinski definition) is 7. The Bertz CT molecular complexity index is 740. The Morgan fingerprint density at radius 2 is 1.09 bits per heavy atom. The molecule has 0 aromatic carbocycles. The van der Waals surface area contributed by atoms with Gasteiger partial charge >= 0.3 is 11.9 Å². The summed E-state index contributed by atoms with van der Waals surface area (Å²) in [5, 5.41) is 25.1. The highest BCUT2D eigenvalue weighted by Crippen LogP contribution is 2.10. The van der Waals surface area contributed by atoms with E-state index in [1.165, 1.54) is 0 Å². The van der Waals surface area contributed by atoms with Crippen molar-refractivity contribution in [1.29, 1.82) is 0 Å². The Labute approximate surface area is 192 Å². The topological polar surface area (TPSA) is 231 Å². The van der Waals surface area contributed by atoms with E-state index < -0.39 is 72.6 Å². The largest absolute Gasteiger partial charge is 0.481 e. The van der Waals surface area contributed by atoms with E-state index in [9.17, 15) is 28.8 Å². The maximum atomic E-state index is 12.9. The quantitative estimate of drug-likeness (QED) is 0.143. The van der Waals surface area contributed by atoms with Gasteiger partial charge in [0.25, 0.3) is 0 Å². The van der Waals surface area contributed by atoms with Gasteiger partial charge in [-0.1, -0.05) is 27.7 Å². The first-order valence-corrected chi connectivity index (χ1v) is 10.5. The lowest BCUT2D eigenvalue weighted by Gasteiger charge is -2.26. The van der Waals surface area contributed by atoms with Gasteiger partial charge in [0.2, 0.25) is 23.6 Å². The third-order valence-electron chi connectivity index (χ3n) is 4.43. The number of primary amides is 1. The summed E-state index contributed by atoms with van der Waals surface area (Å²) >= 11 is 0. The molecule has 13 heteroatoms. The fourth-order valence-electron chi connectivity index (χ4n) is 2.91. The molecule has 0 aliphatic rings. The number of rotatable bonds is 15. The second-order valence-electron chi connectivity index (χ2n) is 8.66. The molecule has 4 unspecified atom stereocenters. The Morgan fingerprint density at radius 1 is 0.697 bits per heavy atom. The van der Waals surface area contributed by atoms with Crippen LogP contribution in [0.25, 0.3) is 0 Å². The highest BCUT2D eigenvalue weighted by Gasteiger charge is 2.31. The first-order valence-electron chi connectivity index (χ1n) is 10.5. The summed E-state index contributed by atoms with van der Waals surface area (Å²) in [4.78, 5) is 71.0. The van der Waals surface area contributed by atoms with Gasteiger partial charge in [0.15, 0.2) is 0 Å². The number of carbonyl (C=O) groups excluding carboxylic acids is 4. The summed E-state index contributed by atoms with van der Waals surface area (Å²) < 4.78 is 0. The average Bonchev–Trinajstić information content (AvgIpc) is 2.64. The van der Waals surface area contributed by atoms with Crippen molar-refractivity contribution in [2.45, 2.75) is 77.5 Å². The van der Waals surface area contributed by atoms with Gasteiger partial charge in [-0.15, -0.1) is 0 Å². The lowest BCUT2D eigenvalue weighted by Crippen LogP contribution is -2.57. The first-order chi connectivity index (χ1) is 15.1. The summed E-state index contributed by atoms with van der Waals surface area (Å²) in [6.07, 6.45) is -0.943. The van der Waals surface area contributed by atoms with Crippen molar-refractivity contribution in [3.8, 4) is 0 Å². The molecule has 0 saturated heterocycles. The van der Waals surface area contributed by atoms with E-state index in [0.29, 0.717) is 0 Å². The number of nitrogens with two attached hydrogens (primary N) is 2. The van der Waals surface area contributed by atoms with Crippen molar-refractivity contribution in [1.82, 2.24) is 16.0 Å². The highest BCUT2D eigenvalue weighted by molar-refractivity contribution is 5.95. The van der Waals surface area contributed by atoms with Crippen LogP contribution in [0.1, 0.15) is 53.4 Å². The summed E-state index contributed by atoms with van der Waals surface area (Å²) in [6.45, 7) is 7.15. The molecule has 33 heavy (non-hydrogen) atoms. The SMILES string of the molecule is CC(C)CC(NC(=O)C(N)CC(N)=O)C(=O)NC(CC(C)C)C(=O)NC(CC(=O)O)C(=O)O. The Kier molecular flexibility index (Phi) is 12.7. The van der Waals surface area contributed by atoms with Gasteiger partial charge in [-0.25, -0.2) is 4.79 Å². The van der Waals surface area contributed by atoms with Crippen LogP contribution in [0.15, 0.2) is 0 Å². The van der Waals surface area contributed by atoms with Gasteiger partial charge in [0, 0.05) is 0 Å². The van der Waals surface area contributed by atoms with Gasteiger partial charge in [-0.3, -0.25) is 24.0 Å². The normalized spacial score (nSPS) is 14.6. The minimum Gasteiger partial charge on any atom is -0.481 e. The molecule has 0 aliphatic carbocycles. The van der Waals surface area contributed by atoms with E-state index in [1.807, 2.05) is 0 Å². The molecule has 0 aliphatic heterocycles. The van der Waals surface area contributed by atoms with Gasteiger partial charge < -0.3 is 37.6 Å². The monoisotopic (exact) mass is 473 g/mol. The van der Waals surface area contributed by atoms with Gasteiger partial charge in [0.05, 0.1) is 18.9 Å². The number of nitrogens with one attached hydrogen (secondary N) is 3. The average molecular weight is 474 g/mol. The van der Waals surface area contributed by atoms with Crippen molar-refractivity contribution in [2.75, 3.05) is 0 Å². The van der Waals surface area contributed by atoms with Crippen molar-refractivity contribution < 1.29 is 39.0 Å². The number of hydrogen-bond donors (Lipinski definition) is 7. The summed E-state index contributed by atoms with van der Waals surface area (Å²) in [7, 11) is 0. The smallest absolute Gasteiger partial charge is 0.326 e. The molecule has 0 spiro atoms. The van der Waals surface area contributed by atoms with Crippen molar-refractivity contribution in [3.63, 3.8) is 0 Å². The van der Waals surface area contributed by atoms with Gasteiger partial charge in [-0.2, -0.15) is 0 Å². The molecule has 4 amide bonds. The van der Waals surface area contributed by atoms with Gasteiger partial charge in [-0.05, 0) is 24.7 Å². The van der Waals surface area contributed by atoms with Crippen LogP contribution < -0.4 is 27.4 Å². The molecule has 0 heterocycles. The summed E-state index contributed by atoms with van der Waals surface area (Å²) in [6, 6.07) is -5.21. The summed E-state index contributed by atoms with van der Waals surface area (Å²) in [5.74, 6) is -6.23. The van der Waals surface area contributed by atoms with E-state index in [2.05, 4.69) is 16.0 Å². The van der Waals surface area contributed by atoms with E-state index in [4.69, 9.17) is 21.7 Å². The van der Waals surface area contributed by atoms with Crippen LogP contribution in [0.4, 0.5) is 0 Å². The Balaban J connectivity index is 5.54. The van der Waals surface area contributed by atoms with Crippen LogP contribution in [0.5, 0.6) is 0 Å². The third kappa shape index (κ3) is 12.4. The van der Waals surface area contributed by atoms with E-state index in [0.717, 1.165) is 0 Å². The van der Waals surface area contributed by atoms with Crippen LogP contribution in [-0.2, 0) is 28.8 Å². The molecule has 0 aromatic rings. The molecule has 0 rings (SSSR count). The number of carboxylic acid groups (broad SMARTS) is 2. The number of aliphatic carboxylic acids is 2. The molecule has 0 radical (unpaired) electrons. The van der Waals surface area contributed by atoms with Crippen molar-refractivity contribution >= 4 is 35.6 Å². The molecule has 9 N–H and O–H groups in total. The molecule has 0 fully saturated rings. The third-order valence-corrected chi connectivity index (χ3v) is 4.43. The molecule has 188 valence electrons. The zero-order chi connectivity index (χ0) is 25.9. The highest BCUT2D eigenvalue weighted by atomic mass is 16.4. The van der Waals surface area contributed by atoms with Crippen molar-refractivity contribution in [2.24, 2.45) is 23.3 Å². The molecular weight excluding hydrogens is 438 g/mol. The van der Waals surface area contributed by atoms with E-state index >= 15 is 0 Å². The van der Waals surface area contributed by atoms with Crippen LogP contribution >= 0.6 is 0 Å². The molecule has 0 aromatic heterocycles. The van der Waals surface area contributed by atoms with E-state index in [-0.39, 0.29) is 24.7 Å². The second-order valence-corrected chi connectivity index (χ2v) is 8.66. The number of carboxylic acids is 2. The van der Waals surface area contributed by atoms with Crippen LogP contribution in [0.2, 0.25) is 0 Å². The predicted octanol–water partition coefficient (Wildman–Crippen LogP) is -1.70. The fourth-order valence-corrected chi connectivity index (χ4v) is 2.91. The summed E-state index contributed by atoms with van der Waals surface area (Å²) in [5.41, 5.74) is 10.7. The lowest BCUT2D eigenvalue weighted by atomic mass is 9.99. The fraction of sp³-hybridized carbons (Fsp3) is 0.700. The predicted molar refractivity (Wildman–Crippen MR) is 116 cm³/mol. The molecule has 0 bridgehead atoms. The molecule has 4 atom stereocenters. The second kappa shape index (κ2) is 14.0. The van der Waals surface area contributed by atoms with Crippen LogP contribution in [0.3, 0.4) is 0 Å². The van der Waals surface area contributed by atoms with Crippen LogP contribution in [-0.4, -0.2) is 69.9 Å². The zero-order valence-electron chi connectivity index (χ0n) is 19.3.